The Morgan fingerprint density at radius 3 is 2.22 bits per heavy atom. The molecule has 0 aliphatic rings. The molecule has 8 heteroatoms. The van der Waals surface area contributed by atoms with Crippen molar-refractivity contribution in [2.45, 2.75) is 55.4 Å². The van der Waals surface area contributed by atoms with Crippen LogP contribution >= 0.6 is 0 Å². The molecule has 1 amide bonds. The Kier molecular flexibility index (Phi) is 18.5. The van der Waals surface area contributed by atoms with E-state index < -0.39 is 0 Å². The summed E-state index contributed by atoms with van der Waals surface area (Å²) in [6, 6.07) is 0. The van der Waals surface area contributed by atoms with Crippen molar-refractivity contribution in [3.8, 4) is 0 Å². The van der Waals surface area contributed by atoms with Crippen LogP contribution in [0.15, 0.2) is 54.5 Å². The van der Waals surface area contributed by atoms with E-state index in [1.165, 1.54) is 0 Å². The Morgan fingerprint density at radius 1 is 1.03 bits per heavy atom. The summed E-state index contributed by atoms with van der Waals surface area (Å²) >= 11 is 0. The molecule has 175 valence electrons. The van der Waals surface area contributed by atoms with E-state index in [-0.39, 0.29) is 26.3 Å². The number of nitrogens with one attached hydrogen (secondary N) is 1. The fourth-order valence-corrected chi connectivity index (χ4v) is 2.39. The number of aromatic nitrogens is 5. The summed E-state index contributed by atoms with van der Waals surface area (Å²) in [5.41, 5.74) is 3.28. The summed E-state index contributed by atoms with van der Waals surface area (Å²) in [7, 11) is 0. The molecule has 2 aromatic heterocycles. The fourth-order valence-electron chi connectivity index (χ4n) is 2.39. The van der Waals surface area contributed by atoms with Gasteiger partial charge in [0.15, 0.2) is 0 Å². The number of carbonyl (C=O) groups is 1. The first-order valence-electron chi connectivity index (χ1n) is 10.6. The summed E-state index contributed by atoms with van der Waals surface area (Å²) in [6.45, 7) is 15.6. The van der Waals surface area contributed by atoms with E-state index in [1.54, 1.807) is 23.3 Å². The Balaban J connectivity index is 0. The van der Waals surface area contributed by atoms with Crippen molar-refractivity contribution in [2.75, 3.05) is 0 Å². The molecular weight excluding hydrogens is 575 g/mol. The van der Waals surface area contributed by atoms with Crippen molar-refractivity contribution in [3.05, 3.63) is 71.5 Å². The van der Waals surface area contributed by atoms with Gasteiger partial charge >= 0.3 is 0 Å². The molecule has 0 bridgehead atoms. The van der Waals surface area contributed by atoms with Crippen LogP contribution < -0.4 is 10.5 Å². The zero-order valence-corrected chi connectivity index (χ0v) is 23.0. The van der Waals surface area contributed by atoms with Crippen molar-refractivity contribution >= 4 is 23.8 Å². The third kappa shape index (κ3) is 9.55. The molecule has 2 heterocycles. The Morgan fingerprint density at radius 2 is 1.72 bits per heavy atom. The molecule has 0 aliphatic carbocycles. The van der Waals surface area contributed by atoms with Crippen molar-refractivity contribution in [1.29, 1.82) is 0 Å². The molecule has 0 saturated carbocycles. The topological polar surface area (TPSA) is 86.8 Å². The van der Waals surface area contributed by atoms with Crippen LogP contribution in [0.3, 0.4) is 0 Å². The Bertz CT molecular complexity index is 918. The van der Waals surface area contributed by atoms with Gasteiger partial charge in [0.1, 0.15) is 0 Å². The first-order valence-corrected chi connectivity index (χ1v) is 10.6. The number of allylic oxidation sites excluding steroid dienone is 7. The third-order valence-corrected chi connectivity index (χ3v) is 3.60. The van der Waals surface area contributed by atoms with Gasteiger partial charge in [0, 0.05) is 44.1 Å². The van der Waals surface area contributed by atoms with Gasteiger partial charge in [0.05, 0.1) is 23.1 Å². The molecular formula is C24H35N6ORe-. The predicted molar refractivity (Wildman–Crippen MR) is 130 cm³/mol. The average Bonchev–Trinajstić information content (AvgIpc) is 3.47. The molecule has 0 aromatic carbocycles. The largest absolute Gasteiger partial charge is 0.493 e. The quantitative estimate of drug-likeness (QED) is 0.419. The van der Waals surface area contributed by atoms with E-state index in [4.69, 9.17) is 0 Å². The summed E-state index contributed by atoms with van der Waals surface area (Å²) < 4.78 is 1.66. The Labute approximate surface area is 206 Å². The van der Waals surface area contributed by atoms with Crippen LogP contribution in [0.5, 0.6) is 0 Å². The van der Waals surface area contributed by atoms with E-state index >= 15 is 0 Å². The minimum Gasteiger partial charge on any atom is -0.493 e. The maximum absolute atomic E-state index is 12.8. The molecule has 0 unspecified atom stereocenters. The molecule has 0 spiro atoms. The zero-order valence-electron chi connectivity index (χ0n) is 20.3. The Hall–Kier alpha value is -2.82. The monoisotopic (exact) mass is 610 g/mol. The number of nitrogens with zero attached hydrogens (tertiary/aromatic N) is 5. The number of hydrogen-bond acceptors (Lipinski definition) is 4. The van der Waals surface area contributed by atoms with Crippen molar-refractivity contribution in [2.24, 2.45) is 0 Å². The second-order valence-electron chi connectivity index (χ2n) is 5.49. The third-order valence-electron chi connectivity index (χ3n) is 3.60. The summed E-state index contributed by atoms with van der Waals surface area (Å²) in [5, 5.41) is 18.5. The van der Waals surface area contributed by atoms with Gasteiger partial charge < -0.3 is 20.7 Å². The normalized spacial score (nSPS) is 11.6. The first-order chi connectivity index (χ1) is 15.1. The number of hydrogen-bond donors (Lipinski definition) is 1. The van der Waals surface area contributed by atoms with Gasteiger partial charge in [-0.05, 0) is 39.8 Å². The van der Waals surface area contributed by atoms with Gasteiger partial charge in [-0.25, -0.2) is 4.68 Å². The van der Waals surface area contributed by atoms with Gasteiger partial charge in [-0.1, -0.05) is 58.1 Å². The van der Waals surface area contributed by atoms with E-state index in [0.29, 0.717) is 22.6 Å². The molecule has 2 rings (SSSR count). The second kappa shape index (κ2) is 18.9. The van der Waals surface area contributed by atoms with Crippen LogP contribution in [-0.4, -0.2) is 25.9 Å². The van der Waals surface area contributed by atoms with Gasteiger partial charge in [0.25, 0.3) is 5.91 Å². The van der Waals surface area contributed by atoms with E-state index in [0.717, 1.165) is 5.57 Å². The van der Waals surface area contributed by atoms with Crippen LogP contribution in [-0.2, 0) is 20.4 Å². The maximum Gasteiger partial charge on any atom is 0.259 e. The van der Waals surface area contributed by atoms with Crippen molar-refractivity contribution in [3.63, 3.8) is 0 Å². The van der Waals surface area contributed by atoms with Crippen LogP contribution in [0.25, 0.3) is 17.8 Å². The summed E-state index contributed by atoms with van der Waals surface area (Å²) in [6.07, 6.45) is 17.9. The molecule has 0 saturated heterocycles. The van der Waals surface area contributed by atoms with Gasteiger partial charge in [-0.15, -0.1) is 0 Å². The number of carbonyl (C=O) groups excluding carboxylic acids is 1. The molecule has 0 atom stereocenters. The molecule has 1 N–H and O–H groups in total. The van der Waals surface area contributed by atoms with Crippen LogP contribution in [0, 0.1) is 0 Å². The zero-order chi connectivity index (χ0) is 23.6. The summed E-state index contributed by atoms with van der Waals surface area (Å²) in [5.74, 6) is -0.241. The van der Waals surface area contributed by atoms with E-state index in [9.17, 15) is 4.79 Å². The molecule has 1 radical (unpaired) electrons. The van der Waals surface area contributed by atoms with Gasteiger partial charge in [-0.2, -0.15) is 5.10 Å². The molecule has 7 nitrogen and oxygen atoms in total. The average molecular weight is 610 g/mol. The minimum atomic E-state index is -0.241. The van der Waals surface area contributed by atoms with Gasteiger partial charge in [-0.3, -0.25) is 4.79 Å². The van der Waals surface area contributed by atoms with E-state index in [1.807, 2.05) is 97.9 Å². The van der Waals surface area contributed by atoms with E-state index in [2.05, 4.69) is 25.8 Å². The molecule has 2 aromatic rings. The molecule has 0 aliphatic heterocycles. The van der Waals surface area contributed by atoms with Gasteiger partial charge in [0.2, 0.25) is 0 Å². The summed E-state index contributed by atoms with van der Waals surface area (Å²) in [4.78, 5) is 12.8. The standard InChI is InChI=1S/C20H24N6O.2C2H6.Re/c1-5-9-15(18-14-21-25-24-18)12-16(8-4)23-20(27)17-13-22-26(11-7-3)19(17)10-6-2;2*1-2;/h5-14H,1-4H3,(H2,21,23,24,25,27);2*1-2H3;/p-1/b9-5-,10-6-,11-7-,15-12+,16-8+;;;. The molecule has 32 heavy (non-hydrogen) atoms. The predicted octanol–water partition coefficient (Wildman–Crippen LogP) is 5.50. The first kappa shape index (κ1) is 31.4. The number of rotatable bonds is 7. The number of amides is 1. The fraction of sp³-hybridized carbons (Fsp3) is 0.333. The van der Waals surface area contributed by atoms with Crippen LogP contribution in [0.4, 0.5) is 0 Å². The van der Waals surface area contributed by atoms with Crippen LogP contribution in [0.2, 0.25) is 0 Å². The minimum absolute atomic E-state index is 0. The SMILES string of the molecule is CC.CC.C\C=C/C(=C\C(=C/C)NC(=O)c1cnn(/C=C\C)c1/C=C\C)c1cn[n-]n1.[Re]. The maximum atomic E-state index is 12.8. The molecule has 0 fully saturated rings. The van der Waals surface area contributed by atoms with Crippen molar-refractivity contribution < 1.29 is 25.2 Å². The van der Waals surface area contributed by atoms with Crippen molar-refractivity contribution in [1.82, 2.24) is 30.5 Å². The van der Waals surface area contributed by atoms with Crippen LogP contribution in [0.1, 0.15) is 77.1 Å². The smallest absolute Gasteiger partial charge is 0.259 e. The second-order valence-corrected chi connectivity index (χ2v) is 5.49.